The van der Waals surface area contributed by atoms with Gasteiger partial charge in [0.2, 0.25) is 0 Å². The molecule has 0 amide bonds. The molecule has 0 saturated heterocycles. The van der Waals surface area contributed by atoms with Gasteiger partial charge in [0.15, 0.2) is 0 Å². The molecule has 5 nitrogen and oxygen atoms in total. The van der Waals surface area contributed by atoms with E-state index in [0.29, 0.717) is 10.4 Å². The molecule has 0 aliphatic heterocycles. The number of anilines is 1. The first-order chi connectivity index (χ1) is 11.1. The van der Waals surface area contributed by atoms with Crippen LogP contribution >= 0.6 is 0 Å². The van der Waals surface area contributed by atoms with Crippen molar-refractivity contribution in [2.45, 2.75) is 24.8 Å². The molecule has 1 unspecified atom stereocenters. The Hall–Kier alpha value is -2.48. The normalized spacial score (nSPS) is 12.7. The van der Waals surface area contributed by atoms with Crippen molar-refractivity contribution in [1.82, 2.24) is 0 Å². The van der Waals surface area contributed by atoms with Gasteiger partial charge in [-0.05, 0) is 38.1 Å². The summed E-state index contributed by atoms with van der Waals surface area (Å²) in [5.41, 5.74) is 0.270. The van der Waals surface area contributed by atoms with Gasteiger partial charge < -0.3 is 5.11 Å². The maximum absolute atomic E-state index is 14.1. The second-order valence-electron chi connectivity index (χ2n) is 5.22. The van der Waals surface area contributed by atoms with Crippen molar-refractivity contribution < 1.29 is 27.1 Å². The molecule has 2 aromatic carbocycles. The first-order valence-electron chi connectivity index (χ1n) is 6.93. The van der Waals surface area contributed by atoms with Crippen LogP contribution in [-0.4, -0.2) is 25.5 Å². The highest BCUT2D eigenvalue weighted by molar-refractivity contribution is 7.92. The van der Waals surface area contributed by atoms with Crippen molar-refractivity contribution in [2.75, 3.05) is 4.31 Å². The lowest BCUT2D eigenvalue weighted by atomic mass is 10.2. The van der Waals surface area contributed by atoms with E-state index in [9.17, 15) is 27.1 Å². The summed E-state index contributed by atoms with van der Waals surface area (Å²) in [5, 5.41) is 9.21. The molecule has 0 fully saturated rings. The first-order valence-corrected chi connectivity index (χ1v) is 8.37. The average Bonchev–Trinajstić information content (AvgIpc) is 2.49. The summed E-state index contributed by atoms with van der Waals surface area (Å²) < 4.78 is 53.3. The number of carboxylic acids is 1. The minimum atomic E-state index is -4.36. The number of hydrogen-bond donors (Lipinski definition) is 1. The Bertz CT molecular complexity index is 866. The molecule has 0 radical (unpaired) electrons. The van der Waals surface area contributed by atoms with E-state index in [0.717, 1.165) is 24.6 Å². The molecule has 1 atom stereocenters. The fourth-order valence-electron chi connectivity index (χ4n) is 2.13. The van der Waals surface area contributed by atoms with Crippen LogP contribution in [0.4, 0.5) is 14.5 Å². The minimum absolute atomic E-state index is 0.190. The zero-order valence-corrected chi connectivity index (χ0v) is 13.7. The number of benzene rings is 2. The van der Waals surface area contributed by atoms with Crippen LogP contribution < -0.4 is 4.31 Å². The molecular weight excluding hydrogens is 340 g/mol. The SMILES string of the molecule is Cc1ccc(S(=O)(=O)N(c2ccc(F)cc2F)C(C)C(=O)O)cc1. The van der Waals surface area contributed by atoms with Crippen molar-refractivity contribution in [3.63, 3.8) is 0 Å². The summed E-state index contributed by atoms with van der Waals surface area (Å²) >= 11 is 0. The highest BCUT2D eigenvalue weighted by Crippen LogP contribution is 2.29. The van der Waals surface area contributed by atoms with Crippen LogP contribution in [0.25, 0.3) is 0 Å². The number of rotatable bonds is 5. The fraction of sp³-hybridized carbons (Fsp3) is 0.188. The Kier molecular flexibility index (Phi) is 4.88. The largest absolute Gasteiger partial charge is 0.480 e. The van der Waals surface area contributed by atoms with Gasteiger partial charge in [-0.15, -0.1) is 0 Å². The van der Waals surface area contributed by atoms with Gasteiger partial charge in [0.25, 0.3) is 10.0 Å². The van der Waals surface area contributed by atoms with E-state index in [4.69, 9.17) is 0 Å². The molecule has 8 heteroatoms. The van der Waals surface area contributed by atoms with Crippen molar-refractivity contribution in [1.29, 1.82) is 0 Å². The number of aliphatic carboxylic acids is 1. The van der Waals surface area contributed by atoms with E-state index < -0.39 is 39.4 Å². The molecular formula is C16H15F2NO4S. The van der Waals surface area contributed by atoms with E-state index in [1.807, 2.05) is 0 Å². The predicted molar refractivity (Wildman–Crippen MR) is 84.3 cm³/mol. The predicted octanol–water partition coefficient (Wildman–Crippen LogP) is 2.94. The average molecular weight is 355 g/mol. The second-order valence-corrected chi connectivity index (χ2v) is 7.04. The smallest absolute Gasteiger partial charge is 0.327 e. The van der Waals surface area contributed by atoms with Crippen LogP contribution in [0.2, 0.25) is 0 Å². The lowest BCUT2D eigenvalue weighted by molar-refractivity contribution is -0.137. The van der Waals surface area contributed by atoms with Crippen molar-refractivity contribution >= 4 is 21.7 Å². The van der Waals surface area contributed by atoms with Gasteiger partial charge in [0, 0.05) is 6.07 Å². The number of aryl methyl sites for hydroxylation is 1. The molecule has 0 heterocycles. The summed E-state index contributed by atoms with van der Waals surface area (Å²) in [6.45, 7) is 2.87. The molecule has 0 aromatic heterocycles. The Balaban J connectivity index is 2.66. The van der Waals surface area contributed by atoms with Crippen molar-refractivity contribution in [3.05, 3.63) is 59.7 Å². The minimum Gasteiger partial charge on any atom is -0.480 e. The fourth-order valence-corrected chi connectivity index (χ4v) is 3.75. The van der Waals surface area contributed by atoms with Gasteiger partial charge in [-0.3, -0.25) is 0 Å². The van der Waals surface area contributed by atoms with Crippen LogP contribution in [0, 0.1) is 18.6 Å². The van der Waals surface area contributed by atoms with E-state index in [-0.39, 0.29) is 4.90 Å². The van der Waals surface area contributed by atoms with Crippen LogP contribution in [0.15, 0.2) is 47.4 Å². The summed E-state index contributed by atoms with van der Waals surface area (Å²) in [5.74, 6) is -3.53. The lowest BCUT2D eigenvalue weighted by Crippen LogP contribution is -2.43. The molecule has 1 N–H and O–H groups in total. The molecule has 0 aliphatic carbocycles. The Labute approximate surface area is 138 Å². The number of nitrogens with zero attached hydrogens (tertiary/aromatic N) is 1. The maximum atomic E-state index is 14.1. The van der Waals surface area contributed by atoms with Gasteiger partial charge in [0.1, 0.15) is 17.7 Å². The van der Waals surface area contributed by atoms with Gasteiger partial charge >= 0.3 is 5.97 Å². The third-order valence-electron chi connectivity index (χ3n) is 3.43. The molecule has 2 rings (SSSR count). The molecule has 0 spiro atoms. The molecule has 24 heavy (non-hydrogen) atoms. The molecule has 0 bridgehead atoms. The topological polar surface area (TPSA) is 74.7 Å². The standard InChI is InChI=1S/C16H15F2NO4S/c1-10-3-6-13(7-4-10)24(22,23)19(11(2)16(20)21)15-8-5-12(17)9-14(15)18/h3-9,11H,1-2H3,(H,20,21). The monoisotopic (exact) mass is 355 g/mol. The van der Waals surface area contributed by atoms with E-state index in [1.165, 1.54) is 24.3 Å². The zero-order chi connectivity index (χ0) is 18.1. The van der Waals surface area contributed by atoms with Gasteiger partial charge in [-0.2, -0.15) is 0 Å². The lowest BCUT2D eigenvalue weighted by Gasteiger charge is -2.28. The second kappa shape index (κ2) is 6.56. The summed E-state index contributed by atoms with van der Waals surface area (Å²) in [7, 11) is -4.36. The van der Waals surface area contributed by atoms with E-state index in [2.05, 4.69) is 0 Å². The van der Waals surface area contributed by atoms with E-state index in [1.54, 1.807) is 6.92 Å². The molecule has 2 aromatic rings. The highest BCUT2D eigenvalue weighted by atomic mass is 32.2. The first kappa shape index (κ1) is 17.9. The number of carboxylic acid groups (broad SMARTS) is 1. The third-order valence-corrected chi connectivity index (χ3v) is 5.33. The van der Waals surface area contributed by atoms with Gasteiger partial charge in [0.05, 0.1) is 10.6 Å². The van der Waals surface area contributed by atoms with Crippen molar-refractivity contribution in [3.8, 4) is 0 Å². The number of carbonyl (C=O) groups is 1. The number of sulfonamides is 1. The Morgan fingerprint density at radius 1 is 1.12 bits per heavy atom. The van der Waals surface area contributed by atoms with Crippen LogP contribution in [0.1, 0.15) is 12.5 Å². The van der Waals surface area contributed by atoms with Crippen LogP contribution in [0.3, 0.4) is 0 Å². The van der Waals surface area contributed by atoms with Crippen LogP contribution in [0.5, 0.6) is 0 Å². The third kappa shape index (κ3) is 3.38. The molecule has 128 valence electrons. The summed E-state index contributed by atoms with van der Waals surface area (Å²) in [6, 6.07) is 6.36. The molecule has 0 aliphatic rings. The Morgan fingerprint density at radius 3 is 2.21 bits per heavy atom. The number of halogens is 2. The zero-order valence-electron chi connectivity index (χ0n) is 12.9. The number of hydrogen-bond acceptors (Lipinski definition) is 3. The van der Waals surface area contributed by atoms with Crippen molar-refractivity contribution in [2.24, 2.45) is 0 Å². The summed E-state index contributed by atoms with van der Waals surface area (Å²) in [6.07, 6.45) is 0. The van der Waals surface area contributed by atoms with Gasteiger partial charge in [-0.1, -0.05) is 17.7 Å². The quantitative estimate of drug-likeness (QED) is 0.895. The molecule has 0 saturated carbocycles. The maximum Gasteiger partial charge on any atom is 0.327 e. The van der Waals surface area contributed by atoms with Crippen LogP contribution in [-0.2, 0) is 14.8 Å². The van der Waals surface area contributed by atoms with Gasteiger partial charge in [-0.25, -0.2) is 26.3 Å². The Morgan fingerprint density at radius 2 is 1.71 bits per heavy atom. The summed E-state index contributed by atoms with van der Waals surface area (Å²) in [4.78, 5) is 11.1. The highest BCUT2D eigenvalue weighted by Gasteiger charge is 2.35. The van der Waals surface area contributed by atoms with E-state index >= 15 is 0 Å².